The van der Waals surface area contributed by atoms with Gasteiger partial charge in [0, 0.05) is 30.3 Å². The molecular weight excluding hydrogens is 383 g/mol. The summed E-state index contributed by atoms with van der Waals surface area (Å²) in [7, 11) is 1.81. The predicted octanol–water partition coefficient (Wildman–Crippen LogP) is 3.66. The first kappa shape index (κ1) is 20.4. The highest BCUT2D eigenvalue weighted by atomic mass is 35.5. The van der Waals surface area contributed by atoms with Gasteiger partial charge >= 0.3 is 0 Å². The first-order valence-corrected chi connectivity index (χ1v) is 9.37. The van der Waals surface area contributed by atoms with E-state index in [1.807, 2.05) is 40.0 Å². The summed E-state index contributed by atoms with van der Waals surface area (Å²) in [5.74, 6) is -0.0888. The molecule has 3 rings (SSSR count). The number of benzene rings is 1. The zero-order valence-corrected chi connectivity index (χ0v) is 17.2. The van der Waals surface area contributed by atoms with Crippen molar-refractivity contribution in [2.75, 3.05) is 25.2 Å². The molecule has 8 heteroatoms. The molecule has 0 spiro atoms. The molecule has 0 amide bonds. The number of pyridine rings is 1. The molecule has 6 nitrogen and oxygen atoms in total. The molecule has 0 aliphatic rings. The molecule has 0 radical (unpaired) electrons. The fourth-order valence-electron chi connectivity index (χ4n) is 2.96. The molecule has 0 aliphatic carbocycles. The molecular formula is C20H24ClFN4O2. The van der Waals surface area contributed by atoms with Crippen molar-refractivity contribution in [3.63, 3.8) is 0 Å². The average molecular weight is 407 g/mol. The number of likely N-dealkylation sites (N-methyl/N-ethyl adjacent to an activating group) is 1. The van der Waals surface area contributed by atoms with Crippen LogP contribution in [0.2, 0.25) is 5.02 Å². The number of nitrogens with zero attached hydrogens (tertiary/aromatic N) is 4. The van der Waals surface area contributed by atoms with Crippen molar-refractivity contribution in [3.05, 3.63) is 52.6 Å². The quantitative estimate of drug-likeness (QED) is 0.676. The normalized spacial score (nSPS) is 11.8. The van der Waals surface area contributed by atoms with Gasteiger partial charge in [-0.15, -0.1) is 0 Å². The monoisotopic (exact) mass is 406 g/mol. The largest absolute Gasteiger partial charge is 0.487 e. The van der Waals surface area contributed by atoms with Crippen molar-refractivity contribution < 1.29 is 14.2 Å². The lowest BCUT2D eigenvalue weighted by atomic mass is 9.86. The van der Waals surface area contributed by atoms with E-state index in [4.69, 9.17) is 16.3 Å². The summed E-state index contributed by atoms with van der Waals surface area (Å²) in [6, 6.07) is 6.66. The maximum atomic E-state index is 14.0. The number of rotatable bonds is 6. The van der Waals surface area contributed by atoms with Crippen LogP contribution in [-0.4, -0.2) is 40.2 Å². The van der Waals surface area contributed by atoms with Crippen LogP contribution in [0.1, 0.15) is 32.0 Å². The summed E-state index contributed by atoms with van der Waals surface area (Å²) in [5.41, 5.74) is 1.88. The van der Waals surface area contributed by atoms with Gasteiger partial charge in [-0.05, 0) is 23.6 Å². The minimum absolute atomic E-state index is 0.00445. The second-order valence-corrected chi connectivity index (χ2v) is 8.02. The summed E-state index contributed by atoms with van der Waals surface area (Å²) in [6.45, 7) is 6.59. The summed E-state index contributed by atoms with van der Waals surface area (Å²) in [4.78, 5) is 6.02. The first-order valence-electron chi connectivity index (χ1n) is 8.99. The number of aliphatic hydroxyl groups is 1. The number of aromatic nitrogens is 3. The van der Waals surface area contributed by atoms with Crippen LogP contribution in [0.25, 0.3) is 11.0 Å². The van der Waals surface area contributed by atoms with Crippen molar-refractivity contribution in [2.24, 2.45) is 0 Å². The SMILES string of the molecule is CN(CCO)n1nc(COc2cc(F)c(Cl)cc2C(C)(C)C)c2cccnc21. The van der Waals surface area contributed by atoms with Crippen molar-refractivity contribution in [1.82, 2.24) is 14.9 Å². The Balaban J connectivity index is 1.96. The van der Waals surface area contributed by atoms with Crippen LogP contribution >= 0.6 is 11.6 Å². The van der Waals surface area contributed by atoms with E-state index in [9.17, 15) is 9.50 Å². The molecule has 2 heterocycles. The Morgan fingerprint density at radius 1 is 1.32 bits per heavy atom. The van der Waals surface area contributed by atoms with Crippen LogP contribution in [-0.2, 0) is 12.0 Å². The molecule has 0 bridgehead atoms. The number of hydrogen-bond acceptors (Lipinski definition) is 5. The topological polar surface area (TPSA) is 63.4 Å². The molecule has 0 fully saturated rings. The molecule has 0 aliphatic heterocycles. The van der Waals surface area contributed by atoms with E-state index < -0.39 is 5.82 Å². The molecule has 1 N–H and O–H groups in total. The highest BCUT2D eigenvalue weighted by molar-refractivity contribution is 6.30. The molecule has 150 valence electrons. The van der Waals surface area contributed by atoms with Crippen LogP contribution in [0.3, 0.4) is 0 Å². The molecule has 0 atom stereocenters. The first-order chi connectivity index (χ1) is 13.2. The second kappa shape index (κ2) is 7.93. The third kappa shape index (κ3) is 4.05. The molecule has 0 unspecified atom stereocenters. The Morgan fingerprint density at radius 2 is 2.07 bits per heavy atom. The van der Waals surface area contributed by atoms with Crippen LogP contribution < -0.4 is 9.75 Å². The van der Waals surface area contributed by atoms with E-state index in [0.29, 0.717) is 23.6 Å². The van der Waals surface area contributed by atoms with Gasteiger partial charge in [0.05, 0.1) is 18.2 Å². The molecule has 1 aromatic carbocycles. The highest BCUT2D eigenvalue weighted by Gasteiger charge is 2.22. The third-order valence-electron chi connectivity index (χ3n) is 4.44. The van der Waals surface area contributed by atoms with Crippen LogP contribution in [0.5, 0.6) is 5.75 Å². The van der Waals surface area contributed by atoms with Gasteiger partial charge in [-0.25, -0.2) is 9.37 Å². The van der Waals surface area contributed by atoms with Gasteiger partial charge in [0.1, 0.15) is 23.9 Å². The number of aliphatic hydroxyl groups excluding tert-OH is 1. The smallest absolute Gasteiger partial charge is 0.181 e. The molecule has 28 heavy (non-hydrogen) atoms. The van der Waals surface area contributed by atoms with E-state index in [-0.39, 0.29) is 23.7 Å². The lowest BCUT2D eigenvalue weighted by Crippen LogP contribution is -2.34. The second-order valence-electron chi connectivity index (χ2n) is 7.62. The van der Waals surface area contributed by atoms with E-state index in [1.54, 1.807) is 22.1 Å². The number of ether oxygens (including phenoxy) is 1. The van der Waals surface area contributed by atoms with E-state index in [1.165, 1.54) is 6.07 Å². The van der Waals surface area contributed by atoms with Crippen molar-refractivity contribution in [3.8, 4) is 5.75 Å². The van der Waals surface area contributed by atoms with Gasteiger partial charge in [0.15, 0.2) is 5.65 Å². The zero-order valence-electron chi connectivity index (χ0n) is 16.4. The summed E-state index contributed by atoms with van der Waals surface area (Å²) in [5, 5.41) is 16.5. The molecule has 3 aromatic rings. The molecule has 0 saturated carbocycles. The zero-order chi connectivity index (χ0) is 20.5. The maximum Gasteiger partial charge on any atom is 0.181 e. The summed E-state index contributed by atoms with van der Waals surface area (Å²) in [6.07, 6.45) is 1.68. The van der Waals surface area contributed by atoms with Gasteiger partial charge in [-0.2, -0.15) is 9.89 Å². The number of hydrogen-bond donors (Lipinski definition) is 1. The van der Waals surface area contributed by atoms with Crippen LogP contribution in [0, 0.1) is 5.82 Å². The molecule has 0 saturated heterocycles. The fraction of sp³-hybridized carbons (Fsp3) is 0.400. The van der Waals surface area contributed by atoms with Crippen LogP contribution in [0.15, 0.2) is 30.5 Å². The molecule has 2 aromatic heterocycles. The maximum absolute atomic E-state index is 14.0. The van der Waals surface area contributed by atoms with E-state index >= 15 is 0 Å². The fourth-order valence-corrected chi connectivity index (χ4v) is 3.13. The van der Waals surface area contributed by atoms with E-state index in [0.717, 1.165) is 10.9 Å². The minimum atomic E-state index is -0.524. The Labute approximate surface area is 168 Å². The van der Waals surface area contributed by atoms with Crippen molar-refractivity contribution >= 4 is 22.6 Å². The Kier molecular flexibility index (Phi) is 5.76. The van der Waals surface area contributed by atoms with E-state index in [2.05, 4.69) is 10.1 Å². The number of fused-ring (bicyclic) bond motifs is 1. The lowest BCUT2D eigenvalue weighted by molar-refractivity contribution is 0.285. The Hall–Kier alpha value is -2.38. The van der Waals surface area contributed by atoms with Crippen molar-refractivity contribution in [1.29, 1.82) is 0 Å². The standard InChI is InChI=1S/C20H24ClFN4O2/c1-20(2,3)14-10-15(21)16(22)11-18(14)28-12-17-13-6-5-7-23-19(13)26(24-17)25(4)8-9-27/h5-7,10-11,27H,8-9,12H2,1-4H3. The Bertz CT molecular complexity index is 984. The van der Waals surface area contributed by atoms with Gasteiger partial charge in [0.25, 0.3) is 0 Å². The Morgan fingerprint density at radius 3 is 2.75 bits per heavy atom. The van der Waals surface area contributed by atoms with Gasteiger partial charge in [-0.3, -0.25) is 5.01 Å². The highest BCUT2D eigenvalue weighted by Crippen LogP contribution is 2.35. The van der Waals surface area contributed by atoms with Crippen LogP contribution in [0.4, 0.5) is 4.39 Å². The lowest BCUT2D eigenvalue weighted by Gasteiger charge is -2.23. The number of halogens is 2. The van der Waals surface area contributed by atoms with Crippen molar-refractivity contribution in [2.45, 2.75) is 32.8 Å². The van der Waals surface area contributed by atoms with Gasteiger partial charge in [0.2, 0.25) is 0 Å². The minimum Gasteiger partial charge on any atom is -0.487 e. The van der Waals surface area contributed by atoms with Gasteiger partial charge < -0.3 is 9.84 Å². The summed E-state index contributed by atoms with van der Waals surface area (Å²) < 4.78 is 20.0. The van der Waals surface area contributed by atoms with Gasteiger partial charge in [-0.1, -0.05) is 32.4 Å². The predicted molar refractivity (Wildman–Crippen MR) is 108 cm³/mol. The third-order valence-corrected chi connectivity index (χ3v) is 4.73. The average Bonchev–Trinajstić information content (AvgIpc) is 3.00. The summed E-state index contributed by atoms with van der Waals surface area (Å²) >= 11 is 5.97.